The monoisotopic (exact) mass is 379 g/mol. The van der Waals surface area contributed by atoms with Gasteiger partial charge in [-0.05, 0) is 19.1 Å². The number of sulfone groups is 1. The molecule has 3 rings (SSSR count). The lowest BCUT2D eigenvalue weighted by atomic mass is 10.0. The van der Waals surface area contributed by atoms with Gasteiger partial charge in [0.1, 0.15) is 6.61 Å². The molecule has 0 saturated heterocycles. The van der Waals surface area contributed by atoms with Gasteiger partial charge in [-0.15, -0.1) is 0 Å². The first-order valence-electron chi connectivity index (χ1n) is 8.05. The Labute approximate surface area is 152 Å². The molecule has 1 aromatic carbocycles. The molecule has 8 heteroatoms. The molecular weight excluding hydrogens is 358 g/mol. The molecule has 0 saturated carbocycles. The fourth-order valence-electron chi connectivity index (χ4n) is 2.91. The third kappa shape index (κ3) is 3.47. The summed E-state index contributed by atoms with van der Waals surface area (Å²) in [4.78, 5) is 12.1. The van der Waals surface area contributed by atoms with E-state index in [1.807, 2.05) is 0 Å². The molecule has 0 spiro atoms. The van der Waals surface area contributed by atoms with Gasteiger partial charge in [0.2, 0.25) is 0 Å². The lowest BCUT2D eigenvalue weighted by Gasteiger charge is -2.28. The van der Waals surface area contributed by atoms with Crippen LogP contribution >= 0.6 is 0 Å². The molecule has 2 heterocycles. The zero-order valence-electron chi connectivity index (χ0n) is 15.1. The number of pyridine rings is 1. The first-order valence-corrected chi connectivity index (χ1v) is 9.94. The lowest BCUT2D eigenvalue weighted by Crippen LogP contribution is -2.33. The van der Waals surface area contributed by atoms with E-state index in [0.717, 1.165) is 6.26 Å². The number of hydrogen-bond acceptors (Lipinski definition) is 6. The van der Waals surface area contributed by atoms with Gasteiger partial charge >= 0.3 is 0 Å². The second-order valence-electron chi connectivity index (χ2n) is 6.40. The molecule has 2 aromatic rings. The van der Waals surface area contributed by atoms with Crippen LogP contribution in [0.2, 0.25) is 0 Å². The van der Waals surface area contributed by atoms with Gasteiger partial charge in [0, 0.05) is 49.4 Å². The molecule has 0 fully saturated rings. The van der Waals surface area contributed by atoms with Gasteiger partial charge in [0.15, 0.2) is 27.4 Å². The van der Waals surface area contributed by atoms with Crippen molar-refractivity contribution in [3.63, 3.8) is 0 Å². The van der Waals surface area contributed by atoms with Crippen molar-refractivity contribution in [3.8, 4) is 22.6 Å². The highest BCUT2D eigenvalue weighted by Crippen LogP contribution is 2.43. The summed E-state index contributed by atoms with van der Waals surface area (Å²) in [6, 6.07) is 4.73. The van der Waals surface area contributed by atoms with E-state index >= 15 is 0 Å². The summed E-state index contributed by atoms with van der Waals surface area (Å²) >= 11 is 0. The van der Waals surface area contributed by atoms with Crippen molar-refractivity contribution in [2.45, 2.75) is 17.9 Å². The first-order chi connectivity index (χ1) is 12.2. The smallest absolute Gasteiger partial charge is 0.253 e. The Balaban J connectivity index is 2.24. The Bertz CT molecular complexity index is 983. The molecule has 1 aliphatic heterocycles. The molecule has 1 aliphatic rings. The highest BCUT2D eigenvalue weighted by molar-refractivity contribution is 7.90. The number of methoxy groups -OCH3 is 1. The maximum atomic E-state index is 12.1. The number of benzene rings is 1. The van der Waals surface area contributed by atoms with Gasteiger partial charge in [-0.1, -0.05) is 0 Å². The average Bonchev–Trinajstić information content (AvgIpc) is 2.57. The van der Waals surface area contributed by atoms with Crippen LogP contribution in [0.3, 0.4) is 0 Å². The summed E-state index contributed by atoms with van der Waals surface area (Å²) in [5.41, 5.74) is 1.67. The minimum atomic E-state index is -3.45. The second kappa shape index (κ2) is 6.77. The largest absolute Gasteiger partial charge is 0.486 e. The third-order valence-corrected chi connectivity index (χ3v) is 5.28. The third-order valence-electron chi connectivity index (χ3n) is 4.19. The van der Waals surface area contributed by atoms with E-state index in [2.05, 4.69) is 0 Å². The zero-order valence-corrected chi connectivity index (χ0v) is 15.9. The Morgan fingerprint density at radius 1 is 1.31 bits per heavy atom. The summed E-state index contributed by atoms with van der Waals surface area (Å²) in [6.45, 7) is 2.32. The molecular formula is C18H21NO6S. The van der Waals surface area contributed by atoms with Crippen LogP contribution in [-0.4, -0.2) is 45.7 Å². The number of ether oxygens (including phenoxy) is 3. The minimum absolute atomic E-state index is 0.115. The van der Waals surface area contributed by atoms with E-state index in [1.54, 1.807) is 39.4 Å². The first kappa shape index (κ1) is 18.5. The van der Waals surface area contributed by atoms with Crippen LogP contribution in [-0.2, 0) is 21.6 Å². The maximum absolute atomic E-state index is 12.1. The maximum Gasteiger partial charge on any atom is 0.253 e. The topological polar surface area (TPSA) is 83.8 Å². The van der Waals surface area contributed by atoms with E-state index < -0.39 is 9.84 Å². The van der Waals surface area contributed by atoms with Crippen molar-refractivity contribution >= 4 is 9.84 Å². The van der Waals surface area contributed by atoms with Crippen LogP contribution in [0.5, 0.6) is 11.5 Å². The number of nitrogens with zero attached hydrogens (tertiary/aromatic N) is 1. The predicted octanol–water partition coefficient (Wildman–Crippen LogP) is 1.55. The molecule has 26 heavy (non-hydrogen) atoms. The van der Waals surface area contributed by atoms with Crippen LogP contribution in [0.15, 0.2) is 34.1 Å². The van der Waals surface area contributed by atoms with E-state index in [4.69, 9.17) is 14.2 Å². The Morgan fingerprint density at radius 3 is 2.65 bits per heavy atom. The van der Waals surface area contributed by atoms with Gasteiger partial charge < -0.3 is 18.8 Å². The Morgan fingerprint density at radius 2 is 2.04 bits per heavy atom. The predicted molar refractivity (Wildman–Crippen MR) is 96.8 cm³/mol. The molecule has 0 aliphatic carbocycles. The summed E-state index contributed by atoms with van der Waals surface area (Å²) in [5, 5.41) is 0. The fraction of sp³-hybridized carbons (Fsp3) is 0.389. The van der Waals surface area contributed by atoms with Crippen molar-refractivity contribution in [1.29, 1.82) is 0 Å². The fourth-order valence-corrected chi connectivity index (χ4v) is 3.56. The molecule has 140 valence electrons. The number of aromatic nitrogens is 1. The van der Waals surface area contributed by atoms with E-state index in [0.29, 0.717) is 34.8 Å². The quantitative estimate of drug-likeness (QED) is 0.801. The Kier molecular flexibility index (Phi) is 4.81. The van der Waals surface area contributed by atoms with E-state index in [1.165, 1.54) is 10.6 Å². The molecule has 0 amide bonds. The van der Waals surface area contributed by atoms with Crippen LogP contribution in [0, 0.1) is 6.92 Å². The number of hydrogen-bond donors (Lipinski definition) is 0. The zero-order chi connectivity index (χ0) is 19.1. The summed E-state index contributed by atoms with van der Waals surface area (Å²) in [5.74, 6) is 0.811. The molecule has 7 nitrogen and oxygen atoms in total. The van der Waals surface area contributed by atoms with Crippen LogP contribution in [0.1, 0.15) is 5.56 Å². The van der Waals surface area contributed by atoms with Crippen molar-refractivity contribution in [2.24, 2.45) is 7.05 Å². The molecule has 1 unspecified atom stereocenters. The SMILES string of the molecule is COCC1COc2cc(S(C)(=O)=O)cc(-c3cc(C)c(=O)n(C)c3)c2O1. The van der Waals surface area contributed by atoms with Gasteiger partial charge in [0.25, 0.3) is 5.56 Å². The summed E-state index contributed by atoms with van der Waals surface area (Å²) < 4.78 is 42.5. The summed E-state index contributed by atoms with van der Waals surface area (Å²) in [7, 11) is -0.226. The van der Waals surface area contributed by atoms with Crippen molar-refractivity contribution in [2.75, 3.05) is 26.6 Å². The van der Waals surface area contributed by atoms with Crippen molar-refractivity contribution < 1.29 is 22.6 Å². The van der Waals surface area contributed by atoms with E-state index in [-0.39, 0.29) is 23.2 Å². The minimum Gasteiger partial charge on any atom is -0.486 e. The van der Waals surface area contributed by atoms with Crippen LogP contribution in [0.4, 0.5) is 0 Å². The average molecular weight is 379 g/mol. The molecule has 0 bridgehead atoms. The van der Waals surface area contributed by atoms with E-state index in [9.17, 15) is 13.2 Å². The molecule has 0 radical (unpaired) electrons. The standard InChI is InChI=1S/C18H21NO6S/c1-11-5-12(8-19(2)18(11)20)15-6-14(26(4,21)22)7-16-17(15)25-13(9-23-3)10-24-16/h5-8,13H,9-10H2,1-4H3. The highest BCUT2D eigenvalue weighted by Gasteiger charge is 2.27. The number of fused-ring (bicyclic) bond motifs is 1. The van der Waals surface area contributed by atoms with Gasteiger partial charge in [0.05, 0.1) is 11.5 Å². The summed E-state index contributed by atoms with van der Waals surface area (Å²) in [6.07, 6.45) is 2.49. The highest BCUT2D eigenvalue weighted by atomic mass is 32.2. The molecule has 0 N–H and O–H groups in total. The number of rotatable bonds is 4. The number of aryl methyl sites for hydroxylation is 2. The van der Waals surface area contributed by atoms with Crippen LogP contribution in [0.25, 0.3) is 11.1 Å². The molecule has 1 aromatic heterocycles. The van der Waals surface area contributed by atoms with Gasteiger partial charge in [-0.25, -0.2) is 8.42 Å². The van der Waals surface area contributed by atoms with Gasteiger partial charge in [-0.2, -0.15) is 0 Å². The van der Waals surface area contributed by atoms with Crippen LogP contribution < -0.4 is 15.0 Å². The normalized spacial score (nSPS) is 16.5. The molecule has 1 atom stereocenters. The van der Waals surface area contributed by atoms with Gasteiger partial charge in [-0.3, -0.25) is 4.79 Å². The lowest BCUT2D eigenvalue weighted by molar-refractivity contribution is 0.0275. The van der Waals surface area contributed by atoms with Crippen molar-refractivity contribution in [1.82, 2.24) is 4.57 Å². The second-order valence-corrected chi connectivity index (χ2v) is 8.42. The Hall–Kier alpha value is -2.32. The van der Waals surface area contributed by atoms with Crippen molar-refractivity contribution in [3.05, 3.63) is 40.3 Å².